The molecule has 28 heavy (non-hydrogen) atoms. The van der Waals surface area contributed by atoms with E-state index in [4.69, 9.17) is 0 Å². The van der Waals surface area contributed by atoms with Crippen LogP contribution in [0.25, 0.3) is 5.69 Å². The molecule has 7 heteroatoms. The summed E-state index contributed by atoms with van der Waals surface area (Å²) in [5.41, 5.74) is 2.99. The predicted octanol–water partition coefficient (Wildman–Crippen LogP) is 4.89. The number of amides is 1. The van der Waals surface area contributed by atoms with Gasteiger partial charge in [-0.2, -0.15) is 0 Å². The summed E-state index contributed by atoms with van der Waals surface area (Å²) in [6.45, 7) is 7.70. The number of aromatic nitrogens is 3. The molecule has 0 spiro atoms. The third-order valence-corrected chi connectivity index (χ3v) is 5.94. The molecular formula is C21H22N4OS2. The minimum Gasteiger partial charge on any atom is -0.324 e. The first kappa shape index (κ1) is 20.2. The Hall–Kier alpha value is -2.51. The molecule has 2 aromatic carbocycles. The van der Waals surface area contributed by atoms with Crippen molar-refractivity contribution < 1.29 is 4.79 Å². The number of carbonyl (C=O) groups excluding carboxylic acids is 1. The molecule has 0 radical (unpaired) electrons. The molecule has 0 aliphatic carbocycles. The van der Waals surface area contributed by atoms with Crippen LogP contribution < -0.4 is 5.32 Å². The smallest absolute Gasteiger partial charge is 0.234 e. The molecule has 3 aromatic rings. The van der Waals surface area contributed by atoms with E-state index < -0.39 is 0 Å². The Balaban J connectivity index is 1.68. The van der Waals surface area contributed by atoms with Crippen LogP contribution in [0.3, 0.4) is 0 Å². The SMILES string of the molecule is C=CCSc1ccccc1NC(=O)CSc1nnc(C)n1-c1ccc(C)cc1. The van der Waals surface area contributed by atoms with E-state index in [1.807, 2.05) is 73.0 Å². The zero-order valence-corrected chi connectivity index (χ0v) is 17.5. The molecule has 1 N–H and O–H groups in total. The fraction of sp³-hybridized carbons (Fsp3) is 0.190. The summed E-state index contributed by atoms with van der Waals surface area (Å²) in [4.78, 5) is 13.5. The van der Waals surface area contributed by atoms with Crippen molar-refractivity contribution in [1.82, 2.24) is 14.8 Å². The zero-order valence-electron chi connectivity index (χ0n) is 15.9. The first-order valence-corrected chi connectivity index (χ1v) is 10.8. The maximum atomic E-state index is 12.5. The van der Waals surface area contributed by atoms with Gasteiger partial charge < -0.3 is 5.32 Å². The van der Waals surface area contributed by atoms with E-state index in [9.17, 15) is 4.79 Å². The van der Waals surface area contributed by atoms with Gasteiger partial charge in [0, 0.05) is 16.3 Å². The third kappa shape index (κ3) is 5.05. The first-order valence-electron chi connectivity index (χ1n) is 8.83. The average molecular weight is 411 g/mol. The molecule has 5 nitrogen and oxygen atoms in total. The number of nitrogens with zero attached hydrogens (tertiary/aromatic N) is 3. The fourth-order valence-electron chi connectivity index (χ4n) is 2.59. The van der Waals surface area contributed by atoms with Crippen LogP contribution in [0.4, 0.5) is 5.69 Å². The van der Waals surface area contributed by atoms with Gasteiger partial charge in [0.1, 0.15) is 5.82 Å². The number of aryl methyl sites for hydroxylation is 2. The van der Waals surface area contributed by atoms with Crippen LogP contribution in [-0.2, 0) is 4.79 Å². The van der Waals surface area contributed by atoms with E-state index in [1.165, 1.54) is 17.3 Å². The first-order chi connectivity index (χ1) is 13.6. The van der Waals surface area contributed by atoms with Crippen LogP contribution in [0, 0.1) is 13.8 Å². The van der Waals surface area contributed by atoms with Crippen molar-refractivity contribution in [2.45, 2.75) is 23.9 Å². The van der Waals surface area contributed by atoms with Gasteiger partial charge in [-0.15, -0.1) is 28.5 Å². The Labute approximate surface area is 173 Å². The second-order valence-corrected chi connectivity index (χ2v) is 8.14. The maximum absolute atomic E-state index is 12.5. The summed E-state index contributed by atoms with van der Waals surface area (Å²) in [5.74, 6) is 1.76. The van der Waals surface area contributed by atoms with Gasteiger partial charge in [0.05, 0.1) is 11.4 Å². The average Bonchev–Trinajstić information content (AvgIpc) is 3.07. The van der Waals surface area contributed by atoms with E-state index >= 15 is 0 Å². The standard InChI is InChI=1S/C21H22N4OS2/c1-4-13-27-19-8-6-5-7-18(19)22-20(26)14-28-21-24-23-16(3)25(21)17-11-9-15(2)10-12-17/h4-12H,1,13-14H2,2-3H3,(H,22,26). The van der Waals surface area contributed by atoms with Crippen LogP contribution in [0.2, 0.25) is 0 Å². The topological polar surface area (TPSA) is 59.8 Å². The molecule has 0 saturated heterocycles. The number of hydrogen-bond acceptors (Lipinski definition) is 5. The number of thioether (sulfide) groups is 2. The van der Waals surface area contributed by atoms with Crippen LogP contribution in [0.5, 0.6) is 0 Å². The summed E-state index contributed by atoms with van der Waals surface area (Å²) in [5, 5.41) is 12.1. The summed E-state index contributed by atoms with van der Waals surface area (Å²) in [6.07, 6.45) is 1.85. The van der Waals surface area contributed by atoms with Crippen molar-refractivity contribution >= 4 is 35.1 Å². The van der Waals surface area contributed by atoms with E-state index in [1.54, 1.807) is 11.8 Å². The molecule has 0 saturated carbocycles. The molecule has 0 aliphatic heterocycles. The van der Waals surface area contributed by atoms with Gasteiger partial charge in [0.15, 0.2) is 5.16 Å². The third-order valence-electron chi connectivity index (χ3n) is 3.94. The van der Waals surface area contributed by atoms with Gasteiger partial charge in [-0.05, 0) is 38.1 Å². The Morgan fingerprint density at radius 3 is 2.61 bits per heavy atom. The van der Waals surface area contributed by atoms with Crippen molar-refractivity contribution in [2.75, 3.05) is 16.8 Å². The molecule has 0 atom stereocenters. The maximum Gasteiger partial charge on any atom is 0.234 e. The van der Waals surface area contributed by atoms with Crippen LogP contribution in [0.1, 0.15) is 11.4 Å². The lowest BCUT2D eigenvalue weighted by Crippen LogP contribution is -2.15. The van der Waals surface area contributed by atoms with Crippen molar-refractivity contribution in [3.05, 3.63) is 72.6 Å². The summed E-state index contributed by atoms with van der Waals surface area (Å²) in [6, 6.07) is 15.9. The molecule has 1 heterocycles. The van der Waals surface area contributed by atoms with Gasteiger partial charge in [0.2, 0.25) is 5.91 Å². The number of anilines is 1. The molecule has 0 unspecified atom stereocenters. The Kier molecular flexibility index (Phi) is 6.95. The van der Waals surface area contributed by atoms with E-state index in [0.29, 0.717) is 5.16 Å². The highest BCUT2D eigenvalue weighted by molar-refractivity contribution is 8.00. The molecule has 0 bridgehead atoms. The minimum atomic E-state index is -0.0761. The Bertz CT molecular complexity index is 967. The number of rotatable bonds is 8. The van der Waals surface area contributed by atoms with Crippen molar-refractivity contribution in [1.29, 1.82) is 0 Å². The van der Waals surface area contributed by atoms with Gasteiger partial charge >= 0.3 is 0 Å². The number of nitrogens with one attached hydrogen (secondary N) is 1. The summed E-state index contributed by atoms with van der Waals surface area (Å²) >= 11 is 3.01. The zero-order chi connectivity index (χ0) is 19.9. The van der Waals surface area contributed by atoms with E-state index in [-0.39, 0.29) is 11.7 Å². The number of hydrogen-bond donors (Lipinski definition) is 1. The van der Waals surface area contributed by atoms with Crippen LogP contribution >= 0.6 is 23.5 Å². The molecule has 1 aromatic heterocycles. The molecule has 0 aliphatic rings. The van der Waals surface area contributed by atoms with Crippen molar-refractivity contribution in [2.24, 2.45) is 0 Å². The molecule has 1 amide bonds. The monoisotopic (exact) mass is 410 g/mol. The Morgan fingerprint density at radius 1 is 1.11 bits per heavy atom. The lowest BCUT2D eigenvalue weighted by Gasteiger charge is -2.11. The molecular weight excluding hydrogens is 388 g/mol. The molecule has 0 fully saturated rings. The summed E-state index contributed by atoms with van der Waals surface area (Å²) < 4.78 is 1.96. The molecule has 144 valence electrons. The highest BCUT2D eigenvalue weighted by Gasteiger charge is 2.14. The van der Waals surface area contributed by atoms with Crippen LogP contribution in [0.15, 0.2) is 71.2 Å². The minimum absolute atomic E-state index is 0.0761. The predicted molar refractivity (Wildman–Crippen MR) is 118 cm³/mol. The van der Waals surface area contributed by atoms with Gasteiger partial charge in [-0.1, -0.05) is 47.7 Å². The number of carbonyl (C=O) groups is 1. The lowest BCUT2D eigenvalue weighted by molar-refractivity contribution is -0.113. The Morgan fingerprint density at radius 2 is 1.86 bits per heavy atom. The quantitative estimate of drug-likeness (QED) is 0.423. The van der Waals surface area contributed by atoms with Gasteiger partial charge in [-0.25, -0.2) is 0 Å². The normalized spacial score (nSPS) is 10.6. The number of benzene rings is 2. The van der Waals surface area contributed by atoms with Crippen molar-refractivity contribution in [3.8, 4) is 5.69 Å². The van der Waals surface area contributed by atoms with E-state index in [2.05, 4.69) is 22.1 Å². The lowest BCUT2D eigenvalue weighted by atomic mass is 10.2. The largest absolute Gasteiger partial charge is 0.324 e. The van der Waals surface area contributed by atoms with Gasteiger partial charge in [0.25, 0.3) is 0 Å². The number of para-hydroxylation sites is 1. The van der Waals surface area contributed by atoms with E-state index in [0.717, 1.165) is 27.8 Å². The summed E-state index contributed by atoms with van der Waals surface area (Å²) in [7, 11) is 0. The second kappa shape index (κ2) is 9.61. The molecule has 3 rings (SSSR count). The fourth-order valence-corrected chi connectivity index (χ4v) is 4.13. The van der Waals surface area contributed by atoms with Gasteiger partial charge in [-0.3, -0.25) is 9.36 Å². The van der Waals surface area contributed by atoms with Crippen LogP contribution in [-0.4, -0.2) is 32.2 Å². The second-order valence-electron chi connectivity index (χ2n) is 6.13. The highest BCUT2D eigenvalue weighted by Crippen LogP contribution is 2.28. The highest BCUT2D eigenvalue weighted by atomic mass is 32.2. The van der Waals surface area contributed by atoms with Crippen molar-refractivity contribution in [3.63, 3.8) is 0 Å².